The Bertz CT molecular complexity index is 1390. The molecule has 0 fully saturated rings. The number of nitrogens with one attached hydrogen (secondary N) is 1. The molecule has 1 N–H and O–H groups in total. The van der Waals surface area contributed by atoms with Crippen molar-refractivity contribution in [3.05, 3.63) is 65.6 Å². The number of thioether (sulfide) groups is 1. The first-order valence-corrected chi connectivity index (χ1v) is 10.6. The first-order chi connectivity index (χ1) is 15.9. The fourth-order valence-corrected chi connectivity index (χ4v) is 3.91. The summed E-state index contributed by atoms with van der Waals surface area (Å²) in [4.78, 5) is 20.3. The number of carbonyl (C=O) groups excluding carboxylic acids is 1. The van der Waals surface area contributed by atoms with Crippen molar-refractivity contribution < 1.29 is 31.1 Å². The number of fused-ring (bicyclic) bond motifs is 1. The third-order valence-corrected chi connectivity index (χ3v) is 5.47. The number of hydrogen-bond acceptors (Lipinski definition) is 5. The highest BCUT2D eigenvalue weighted by Gasteiger charge is 2.41. The van der Waals surface area contributed by atoms with Crippen molar-refractivity contribution in [2.24, 2.45) is 0 Å². The summed E-state index contributed by atoms with van der Waals surface area (Å²) in [6.07, 6.45) is 0.661. The van der Waals surface area contributed by atoms with Crippen LogP contribution in [0.2, 0.25) is 0 Å². The molecule has 1 amide bonds. The lowest BCUT2D eigenvalue weighted by Crippen LogP contribution is -2.22. The fraction of sp³-hybridized carbons (Fsp3) is 0.200. The van der Waals surface area contributed by atoms with Crippen LogP contribution >= 0.6 is 11.8 Å². The molecule has 0 radical (unpaired) electrons. The summed E-state index contributed by atoms with van der Waals surface area (Å²) in [5.41, 5.74) is -3.26. The zero-order chi connectivity index (χ0) is 24.8. The first-order valence-electron chi connectivity index (χ1n) is 9.42. The van der Waals surface area contributed by atoms with Gasteiger partial charge in [-0.25, -0.2) is 27.8 Å². The van der Waals surface area contributed by atoms with Crippen LogP contribution in [0.1, 0.15) is 28.5 Å². The molecule has 0 aliphatic rings. The Hall–Kier alpha value is -3.55. The summed E-state index contributed by atoms with van der Waals surface area (Å²) in [6, 6.07) is 2.92. The maximum atomic E-state index is 14.0. The van der Waals surface area contributed by atoms with E-state index in [-0.39, 0.29) is 22.2 Å². The highest BCUT2D eigenvalue weighted by molar-refractivity contribution is 7.98. The molecule has 7 nitrogen and oxygen atoms in total. The molecular weight excluding hydrogens is 486 g/mol. The van der Waals surface area contributed by atoms with Crippen molar-refractivity contribution in [1.29, 1.82) is 0 Å². The molecule has 0 unspecified atom stereocenters. The van der Waals surface area contributed by atoms with E-state index in [4.69, 9.17) is 0 Å². The van der Waals surface area contributed by atoms with E-state index in [9.17, 15) is 31.1 Å². The number of nitrogens with zero attached hydrogens (tertiary/aromatic N) is 5. The molecule has 0 aliphatic carbocycles. The quantitative estimate of drug-likeness (QED) is 0.303. The first kappa shape index (κ1) is 23.6. The Morgan fingerprint density at radius 1 is 1.12 bits per heavy atom. The van der Waals surface area contributed by atoms with E-state index in [1.807, 2.05) is 0 Å². The minimum atomic E-state index is -5.05. The Kier molecular flexibility index (Phi) is 5.79. The number of rotatable bonds is 5. The number of alkyl halides is 5. The molecule has 34 heavy (non-hydrogen) atoms. The summed E-state index contributed by atoms with van der Waals surface area (Å²) in [5, 5.41) is 5.86. The molecule has 4 aromatic heterocycles. The molecule has 0 aliphatic heterocycles. The summed E-state index contributed by atoms with van der Waals surface area (Å²) in [7, 11) is 0. The zero-order valence-electron chi connectivity index (χ0n) is 17.4. The Morgan fingerprint density at radius 2 is 1.85 bits per heavy atom. The minimum absolute atomic E-state index is 0.00922. The minimum Gasteiger partial charge on any atom is -0.320 e. The monoisotopic (exact) mass is 500 g/mol. The van der Waals surface area contributed by atoms with Crippen LogP contribution in [0, 0.1) is 5.82 Å². The van der Waals surface area contributed by atoms with Crippen molar-refractivity contribution in [1.82, 2.24) is 24.1 Å². The predicted molar refractivity (Wildman–Crippen MR) is 111 cm³/mol. The van der Waals surface area contributed by atoms with E-state index in [2.05, 4.69) is 20.4 Å². The number of carbonyl (C=O) groups is 1. The number of amides is 1. The average Bonchev–Trinajstić information content (AvgIpc) is 3.41. The van der Waals surface area contributed by atoms with Gasteiger partial charge in [-0.2, -0.15) is 18.3 Å². The van der Waals surface area contributed by atoms with Crippen LogP contribution in [0.3, 0.4) is 0 Å². The van der Waals surface area contributed by atoms with Crippen molar-refractivity contribution in [2.45, 2.75) is 24.0 Å². The SMILES string of the molecule is CSc1ncc(NC(=O)c2cnn(-c3ccc(F)c4nccn34)c2C(F)(F)F)cc1C(C)(F)F. The van der Waals surface area contributed by atoms with Crippen molar-refractivity contribution in [3.63, 3.8) is 0 Å². The average molecular weight is 500 g/mol. The van der Waals surface area contributed by atoms with Crippen LogP contribution in [-0.4, -0.2) is 36.3 Å². The van der Waals surface area contributed by atoms with E-state index in [1.165, 1.54) is 18.6 Å². The molecular formula is C20H14F6N6OS. The number of pyridine rings is 2. The maximum Gasteiger partial charge on any atom is 0.434 e. The molecule has 14 heteroatoms. The third-order valence-electron chi connectivity index (χ3n) is 4.75. The van der Waals surface area contributed by atoms with E-state index in [0.29, 0.717) is 17.8 Å². The van der Waals surface area contributed by atoms with Gasteiger partial charge in [0.05, 0.1) is 29.2 Å². The largest absolute Gasteiger partial charge is 0.434 e. The lowest BCUT2D eigenvalue weighted by atomic mass is 10.1. The third kappa shape index (κ3) is 4.20. The predicted octanol–water partition coefficient (Wildman–Crippen LogP) is 5.16. The van der Waals surface area contributed by atoms with Gasteiger partial charge in [-0.15, -0.1) is 11.8 Å². The van der Waals surface area contributed by atoms with Crippen LogP contribution in [0.4, 0.5) is 32.0 Å². The molecule has 4 rings (SSSR count). The number of imidazole rings is 1. The van der Waals surface area contributed by atoms with E-state index in [0.717, 1.165) is 40.6 Å². The van der Waals surface area contributed by atoms with Crippen LogP contribution in [0.15, 0.2) is 48.0 Å². The van der Waals surface area contributed by atoms with E-state index < -0.39 is 40.6 Å². The van der Waals surface area contributed by atoms with Crippen molar-refractivity contribution in [3.8, 4) is 5.82 Å². The fourth-order valence-electron chi connectivity index (χ4n) is 3.30. The molecule has 0 spiro atoms. The number of anilines is 1. The van der Waals surface area contributed by atoms with Gasteiger partial charge in [0.2, 0.25) is 0 Å². The van der Waals surface area contributed by atoms with Gasteiger partial charge in [0.1, 0.15) is 10.8 Å². The van der Waals surface area contributed by atoms with Gasteiger partial charge in [0, 0.05) is 19.3 Å². The second-order valence-electron chi connectivity index (χ2n) is 7.10. The van der Waals surface area contributed by atoms with Crippen molar-refractivity contribution in [2.75, 3.05) is 11.6 Å². The van der Waals surface area contributed by atoms with Crippen LogP contribution in [0.5, 0.6) is 0 Å². The molecule has 0 saturated carbocycles. The Balaban J connectivity index is 1.78. The van der Waals surface area contributed by atoms with Gasteiger partial charge in [0.15, 0.2) is 17.2 Å². The molecule has 4 aromatic rings. The maximum absolute atomic E-state index is 14.0. The Morgan fingerprint density at radius 3 is 2.50 bits per heavy atom. The zero-order valence-corrected chi connectivity index (χ0v) is 18.2. The lowest BCUT2D eigenvalue weighted by molar-refractivity contribution is -0.143. The molecule has 178 valence electrons. The van der Waals surface area contributed by atoms with Gasteiger partial charge in [-0.05, 0) is 24.5 Å². The highest BCUT2D eigenvalue weighted by atomic mass is 32.2. The second kappa shape index (κ2) is 8.34. The summed E-state index contributed by atoms with van der Waals surface area (Å²) in [5.74, 6) is -5.53. The van der Waals surface area contributed by atoms with Crippen LogP contribution in [-0.2, 0) is 12.1 Å². The molecule has 4 heterocycles. The standard InChI is InChI=1S/C20H14F6N6OS/c1-19(22,23)12-7-10(8-28-18(12)34-2)30-17(33)11-9-29-32(15(11)20(24,25)26)14-4-3-13(21)16-27-5-6-31(14)16/h3-9H,1-2H3,(H,30,33). The normalized spacial score (nSPS) is 12.4. The number of hydrogen-bond donors (Lipinski definition) is 1. The smallest absolute Gasteiger partial charge is 0.320 e. The number of halogens is 6. The summed E-state index contributed by atoms with van der Waals surface area (Å²) < 4.78 is 85.2. The van der Waals surface area contributed by atoms with Crippen molar-refractivity contribution >= 4 is 29.0 Å². The molecule has 0 atom stereocenters. The Labute approximate surface area is 191 Å². The summed E-state index contributed by atoms with van der Waals surface area (Å²) >= 11 is 0.956. The second-order valence-corrected chi connectivity index (χ2v) is 7.90. The van der Waals surface area contributed by atoms with Gasteiger partial charge < -0.3 is 5.32 Å². The van der Waals surface area contributed by atoms with E-state index >= 15 is 0 Å². The van der Waals surface area contributed by atoms with Gasteiger partial charge in [0.25, 0.3) is 11.8 Å². The molecule has 0 saturated heterocycles. The van der Waals surface area contributed by atoms with Gasteiger partial charge >= 0.3 is 6.18 Å². The molecule has 0 bridgehead atoms. The van der Waals surface area contributed by atoms with Crippen LogP contribution < -0.4 is 5.32 Å². The number of aromatic nitrogens is 5. The topological polar surface area (TPSA) is 77.1 Å². The van der Waals surface area contributed by atoms with Gasteiger partial charge in [-0.3, -0.25) is 9.20 Å². The van der Waals surface area contributed by atoms with E-state index in [1.54, 1.807) is 0 Å². The highest BCUT2D eigenvalue weighted by Crippen LogP contribution is 2.36. The molecule has 0 aromatic carbocycles. The lowest BCUT2D eigenvalue weighted by Gasteiger charge is -2.16. The van der Waals surface area contributed by atoms with Gasteiger partial charge in [-0.1, -0.05) is 0 Å². The summed E-state index contributed by atoms with van der Waals surface area (Å²) in [6.45, 7) is 0.640. The van der Waals surface area contributed by atoms with Crippen LogP contribution in [0.25, 0.3) is 11.5 Å².